The van der Waals surface area contributed by atoms with Crippen molar-refractivity contribution in [3.63, 3.8) is 0 Å². The van der Waals surface area contributed by atoms with Gasteiger partial charge in [-0.05, 0) is 30.1 Å². The summed E-state index contributed by atoms with van der Waals surface area (Å²) in [5.41, 5.74) is 0.379. The summed E-state index contributed by atoms with van der Waals surface area (Å²) in [5, 5.41) is 0. The van der Waals surface area contributed by atoms with Crippen molar-refractivity contribution in [1.82, 2.24) is 0 Å². The first-order valence-corrected chi connectivity index (χ1v) is 5.01. The van der Waals surface area contributed by atoms with Crippen LogP contribution in [0, 0.1) is 22.7 Å². The molecule has 0 heterocycles. The number of carbonyl (C=O) groups is 1. The Labute approximate surface area is 74.5 Å². The number of carbonyl (C=O) groups excluding carboxylic acids is 1. The molecule has 0 aliphatic heterocycles. The summed E-state index contributed by atoms with van der Waals surface area (Å²) in [6.07, 6.45) is 4.97. The Morgan fingerprint density at radius 3 is 2.50 bits per heavy atom. The molecule has 2 aliphatic rings. The molecule has 3 unspecified atom stereocenters. The van der Waals surface area contributed by atoms with E-state index < -0.39 is 0 Å². The standard InChI is InChI=1S/C11H18O/c1-8-4-5-9-10(2,3)11(9,6-8)7-12/h7-9H,4-6H2,1-3H3. The van der Waals surface area contributed by atoms with Gasteiger partial charge in [0.25, 0.3) is 0 Å². The molecule has 3 atom stereocenters. The second-order valence-electron chi connectivity index (χ2n) is 5.32. The zero-order valence-corrected chi connectivity index (χ0v) is 8.26. The summed E-state index contributed by atoms with van der Waals surface area (Å²) in [6.45, 7) is 6.78. The highest BCUT2D eigenvalue weighted by Gasteiger charge is 2.71. The zero-order chi connectivity index (χ0) is 8.98. The number of hydrogen-bond acceptors (Lipinski definition) is 1. The van der Waals surface area contributed by atoms with Crippen LogP contribution in [0.5, 0.6) is 0 Å². The predicted octanol–water partition coefficient (Wildman–Crippen LogP) is 2.65. The van der Waals surface area contributed by atoms with Gasteiger partial charge in [-0.15, -0.1) is 0 Å². The van der Waals surface area contributed by atoms with Gasteiger partial charge in [-0.25, -0.2) is 0 Å². The SMILES string of the molecule is CC1CCC2C(C)(C)C2(C=O)C1. The minimum Gasteiger partial charge on any atom is -0.303 e. The van der Waals surface area contributed by atoms with Crippen molar-refractivity contribution in [1.29, 1.82) is 0 Å². The maximum Gasteiger partial charge on any atom is 0.126 e. The van der Waals surface area contributed by atoms with Gasteiger partial charge in [-0.3, -0.25) is 0 Å². The number of hydrogen-bond donors (Lipinski definition) is 0. The van der Waals surface area contributed by atoms with Crippen molar-refractivity contribution in [2.24, 2.45) is 22.7 Å². The first-order valence-electron chi connectivity index (χ1n) is 5.01. The number of aldehydes is 1. The van der Waals surface area contributed by atoms with Crippen LogP contribution < -0.4 is 0 Å². The van der Waals surface area contributed by atoms with Gasteiger partial charge in [0, 0.05) is 5.41 Å². The van der Waals surface area contributed by atoms with Crippen LogP contribution in [0.1, 0.15) is 40.0 Å². The Bertz CT molecular complexity index is 219. The predicted molar refractivity (Wildman–Crippen MR) is 48.8 cm³/mol. The van der Waals surface area contributed by atoms with E-state index in [0.717, 1.165) is 12.3 Å². The van der Waals surface area contributed by atoms with Crippen LogP contribution in [-0.4, -0.2) is 6.29 Å². The van der Waals surface area contributed by atoms with E-state index in [4.69, 9.17) is 0 Å². The van der Waals surface area contributed by atoms with E-state index in [1.54, 1.807) is 0 Å². The lowest BCUT2D eigenvalue weighted by molar-refractivity contribution is -0.114. The van der Waals surface area contributed by atoms with Crippen molar-refractivity contribution in [3.8, 4) is 0 Å². The van der Waals surface area contributed by atoms with Crippen molar-refractivity contribution in [3.05, 3.63) is 0 Å². The monoisotopic (exact) mass is 166 g/mol. The summed E-state index contributed by atoms with van der Waals surface area (Å²) >= 11 is 0. The van der Waals surface area contributed by atoms with E-state index >= 15 is 0 Å². The Hall–Kier alpha value is -0.330. The third-order valence-corrected chi connectivity index (χ3v) is 4.45. The lowest BCUT2D eigenvalue weighted by Gasteiger charge is -2.22. The molecule has 0 bridgehead atoms. The average molecular weight is 166 g/mol. The molecule has 0 spiro atoms. The molecule has 1 nitrogen and oxygen atoms in total. The average Bonchev–Trinajstić information content (AvgIpc) is 2.49. The molecule has 0 amide bonds. The lowest BCUT2D eigenvalue weighted by Crippen LogP contribution is -2.18. The van der Waals surface area contributed by atoms with Gasteiger partial charge >= 0.3 is 0 Å². The maximum absolute atomic E-state index is 11.1. The molecule has 2 fully saturated rings. The molecule has 0 N–H and O–H groups in total. The molecule has 0 aromatic carbocycles. The highest BCUT2D eigenvalue weighted by Crippen LogP contribution is 2.74. The molecule has 2 aliphatic carbocycles. The fourth-order valence-corrected chi connectivity index (χ4v) is 3.44. The Morgan fingerprint density at radius 2 is 2.00 bits per heavy atom. The van der Waals surface area contributed by atoms with Crippen LogP contribution in [0.15, 0.2) is 0 Å². The molecular weight excluding hydrogens is 148 g/mol. The zero-order valence-electron chi connectivity index (χ0n) is 8.26. The van der Waals surface area contributed by atoms with Gasteiger partial charge in [-0.2, -0.15) is 0 Å². The number of fused-ring (bicyclic) bond motifs is 1. The van der Waals surface area contributed by atoms with Crippen LogP contribution in [0.4, 0.5) is 0 Å². The molecule has 0 aromatic rings. The molecule has 0 saturated heterocycles. The fraction of sp³-hybridized carbons (Fsp3) is 0.909. The molecule has 2 rings (SSSR count). The van der Waals surface area contributed by atoms with Crippen LogP contribution in [0.25, 0.3) is 0 Å². The van der Waals surface area contributed by atoms with Crippen molar-refractivity contribution in [2.75, 3.05) is 0 Å². The molecule has 12 heavy (non-hydrogen) atoms. The minimum absolute atomic E-state index is 0.0741. The topological polar surface area (TPSA) is 17.1 Å². The summed E-state index contributed by atoms with van der Waals surface area (Å²) in [6, 6.07) is 0. The van der Waals surface area contributed by atoms with E-state index in [0.29, 0.717) is 11.3 Å². The molecule has 1 heteroatoms. The molecular formula is C11H18O. The first-order chi connectivity index (χ1) is 5.54. The third kappa shape index (κ3) is 0.725. The second-order valence-corrected chi connectivity index (χ2v) is 5.32. The third-order valence-electron chi connectivity index (χ3n) is 4.45. The Balaban J connectivity index is 2.25. The maximum atomic E-state index is 11.1. The van der Waals surface area contributed by atoms with Crippen molar-refractivity contribution < 1.29 is 4.79 Å². The minimum atomic E-state index is 0.0741. The Morgan fingerprint density at radius 1 is 1.33 bits per heavy atom. The van der Waals surface area contributed by atoms with E-state index in [-0.39, 0.29) is 5.41 Å². The van der Waals surface area contributed by atoms with E-state index in [1.807, 2.05) is 0 Å². The van der Waals surface area contributed by atoms with Gasteiger partial charge in [0.15, 0.2) is 0 Å². The molecule has 68 valence electrons. The van der Waals surface area contributed by atoms with E-state index in [2.05, 4.69) is 20.8 Å². The largest absolute Gasteiger partial charge is 0.303 e. The normalized spacial score (nSPS) is 49.6. The van der Waals surface area contributed by atoms with Gasteiger partial charge in [-0.1, -0.05) is 27.2 Å². The fourth-order valence-electron chi connectivity index (χ4n) is 3.44. The van der Waals surface area contributed by atoms with E-state index in [1.165, 1.54) is 19.1 Å². The summed E-state index contributed by atoms with van der Waals surface area (Å²) < 4.78 is 0. The van der Waals surface area contributed by atoms with Crippen LogP contribution >= 0.6 is 0 Å². The smallest absolute Gasteiger partial charge is 0.126 e. The van der Waals surface area contributed by atoms with Gasteiger partial charge in [0.2, 0.25) is 0 Å². The van der Waals surface area contributed by atoms with Gasteiger partial charge in [0.1, 0.15) is 6.29 Å². The highest BCUT2D eigenvalue weighted by atomic mass is 16.1. The van der Waals surface area contributed by atoms with Crippen LogP contribution in [0.3, 0.4) is 0 Å². The van der Waals surface area contributed by atoms with Crippen molar-refractivity contribution in [2.45, 2.75) is 40.0 Å². The molecule has 2 saturated carbocycles. The summed E-state index contributed by atoms with van der Waals surface area (Å²) in [5.74, 6) is 1.45. The van der Waals surface area contributed by atoms with Crippen LogP contribution in [0.2, 0.25) is 0 Å². The highest BCUT2D eigenvalue weighted by molar-refractivity contribution is 5.68. The summed E-state index contributed by atoms with van der Waals surface area (Å²) in [4.78, 5) is 11.1. The second kappa shape index (κ2) is 2.12. The number of rotatable bonds is 1. The molecule has 0 radical (unpaired) electrons. The Kier molecular flexibility index (Phi) is 1.47. The van der Waals surface area contributed by atoms with Crippen molar-refractivity contribution >= 4 is 6.29 Å². The quantitative estimate of drug-likeness (QED) is 0.547. The van der Waals surface area contributed by atoms with Crippen LogP contribution in [-0.2, 0) is 4.79 Å². The first kappa shape index (κ1) is 8.28. The summed E-state index contributed by atoms with van der Waals surface area (Å²) in [7, 11) is 0. The lowest BCUT2D eigenvalue weighted by atomic mass is 9.81. The molecule has 0 aromatic heterocycles. The van der Waals surface area contributed by atoms with Gasteiger partial charge in [0.05, 0.1) is 0 Å². The van der Waals surface area contributed by atoms with Gasteiger partial charge < -0.3 is 4.79 Å². The van der Waals surface area contributed by atoms with E-state index in [9.17, 15) is 4.79 Å².